The molecular formula is C40H84ClN. The van der Waals surface area contributed by atoms with Gasteiger partial charge in [-0.15, -0.1) is 12.4 Å². The Kier molecular flexibility index (Phi) is 37.7. The van der Waals surface area contributed by atoms with E-state index in [4.69, 9.17) is 5.73 Å². The van der Waals surface area contributed by atoms with Gasteiger partial charge in [-0.2, -0.15) is 0 Å². The van der Waals surface area contributed by atoms with Gasteiger partial charge in [0.25, 0.3) is 0 Å². The normalized spacial score (nSPS) is 11.9. The zero-order valence-electron chi connectivity index (χ0n) is 30.1. The molecule has 0 aliphatic carbocycles. The van der Waals surface area contributed by atoms with Gasteiger partial charge in [-0.3, -0.25) is 0 Å². The summed E-state index contributed by atoms with van der Waals surface area (Å²) < 4.78 is 0. The number of nitrogens with two attached hydrogens (primary N) is 1. The van der Waals surface area contributed by atoms with Gasteiger partial charge in [0.2, 0.25) is 0 Å². The van der Waals surface area contributed by atoms with Crippen LogP contribution in [0.3, 0.4) is 0 Å². The summed E-state index contributed by atoms with van der Waals surface area (Å²) in [7, 11) is 0. The molecule has 0 atom stereocenters. The molecule has 1 nitrogen and oxygen atoms in total. The lowest BCUT2D eigenvalue weighted by Crippen LogP contribution is -2.40. The van der Waals surface area contributed by atoms with E-state index in [9.17, 15) is 0 Å². The molecule has 0 spiro atoms. The Hall–Kier alpha value is 0.250. The standard InChI is InChI=1S/C40H83N.ClH/c1-5-7-9-11-13-15-17-19-21-23-25-27-29-31-33-35-37-39(40(3,4)41)38-36-34-32-30-28-26-24-22-20-18-16-14-12-10-8-6-2;/h39H,5-38,41H2,1-4H3;1H. The highest BCUT2D eigenvalue weighted by molar-refractivity contribution is 5.85. The molecule has 2 heteroatoms. The second-order valence-corrected chi connectivity index (χ2v) is 14.7. The van der Waals surface area contributed by atoms with Crippen molar-refractivity contribution in [3.63, 3.8) is 0 Å². The van der Waals surface area contributed by atoms with Gasteiger partial charge >= 0.3 is 0 Å². The second-order valence-electron chi connectivity index (χ2n) is 14.7. The van der Waals surface area contributed by atoms with Gasteiger partial charge in [-0.25, -0.2) is 0 Å². The summed E-state index contributed by atoms with van der Waals surface area (Å²) in [4.78, 5) is 0. The van der Waals surface area contributed by atoms with Gasteiger partial charge < -0.3 is 5.73 Å². The quantitative estimate of drug-likeness (QED) is 0.0707. The minimum Gasteiger partial charge on any atom is -0.325 e. The van der Waals surface area contributed by atoms with Gasteiger partial charge in [0.15, 0.2) is 0 Å². The SMILES string of the molecule is CCCCCCCCCCCCCCCCCCC(CCCCCCCCCCCCCCCCCC)C(C)(C)N.Cl. The maximum atomic E-state index is 6.61. The molecule has 0 fully saturated rings. The highest BCUT2D eigenvalue weighted by Gasteiger charge is 2.23. The minimum atomic E-state index is -0.00891. The first kappa shape index (κ1) is 44.4. The lowest BCUT2D eigenvalue weighted by molar-refractivity contribution is 0.267. The number of halogens is 1. The third-order valence-corrected chi connectivity index (χ3v) is 9.86. The summed E-state index contributed by atoms with van der Waals surface area (Å²) in [6, 6.07) is 0. The Balaban J connectivity index is 0. The summed E-state index contributed by atoms with van der Waals surface area (Å²) >= 11 is 0. The lowest BCUT2D eigenvalue weighted by atomic mass is 9.80. The molecule has 0 radical (unpaired) electrons. The van der Waals surface area contributed by atoms with E-state index in [1.54, 1.807) is 0 Å². The Morgan fingerprint density at radius 1 is 0.333 bits per heavy atom. The second kappa shape index (κ2) is 35.7. The fourth-order valence-electron chi connectivity index (χ4n) is 6.77. The van der Waals surface area contributed by atoms with Gasteiger partial charge in [-0.1, -0.05) is 219 Å². The third kappa shape index (κ3) is 34.7. The highest BCUT2D eigenvalue weighted by Crippen LogP contribution is 2.27. The summed E-state index contributed by atoms with van der Waals surface area (Å²) in [5.41, 5.74) is 6.60. The van der Waals surface area contributed by atoms with E-state index in [0.717, 1.165) is 0 Å². The average molecular weight is 615 g/mol. The summed E-state index contributed by atoms with van der Waals surface area (Å²) in [5.74, 6) is 0.709. The molecule has 0 saturated heterocycles. The van der Waals surface area contributed by atoms with Crippen molar-refractivity contribution in [1.29, 1.82) is 0 Å². The maximum absolute atomic E-state index is 6.61. The minimum absolute atomic E-state index is 0. The fourth-order valence-corrected chi connectivity index (χ4v) is 6.77. The van der Waals surface area contributed by atoms with Gasteiger partial charge in [0.1, 0.15) is 0 Å². The van der Waals surface area contributed by atoms with Crippen LogP contribution in [0.15, 0.2) is 0 Å². The molecule has 0 aliphatic rings. The summed E-state index contributed by atoms with van der Waals surface area (Å²) in [5, 5.41) is 0. The van der Waals surface area contributed by atoms with Crippen molar-refractivity contribution in [2.75, 3.05) is 0 Å². The predicted molar refractivity (Wildman–Crippen MR) is 197 cm³/mol. The van der Waals surface area contributed by atoms with Gasteiger partial charge in [-0.05, 0) is 32.6 Å². The largest absolute Gasteiger partial charge is 0.325 e. The van der Waals surface area contributed by atoms with Crippen LogP contribution in [-0.2, 0) is 0 Å². The van der Waals surface area contributed by atoms with E-state index in [1.165, 1.54) is 218 Å². The maximum Gasteiger partial charge on any atom is 0.0125 e. The lowest BCUT2D eigenvalue weighted by Gasteiger charge is -2.31. The molecule has 0 rings (SSSR count). The van der Waals surface area contributed by atoms with E-state index >= 15 is 0 Å². The average Bonchev–Trinajstić information content (AvgIpc) is 2.95. The van der Waals surface area contributed by atoms with E-state index in [-0.39, 0.29) is 17.9 Å². The van der Waals surface area contributed by atoms with Crippen molar-refractivity contribution in [3.05, 3.63) is 0 Å². The Morgan fingerprint density at radius 3 is 0.667 bits per heavy atom. The van der Waals surface area contributed by atoms with Crippen molar-refractivity contribution < 1.29 is 0 Å². The van der Waals surface area contributed by atoms with E-state index < -0.39 is 0 Å². The molecular weight excluding hydrogens is 530 g/mol. The summed E-state index contributed by atoms with van der Waals surface area (Å²) in [6.45, 7) is 9.16. The Morgan fingerprint density at radius 2 is 0.500 bits per heavy atom. The highest BCUT2D eigenvalue weighted by atomic mass is 35.5. The molecule has 0 heterocycles. The number of hydrogen-bond donors (Lipinski definition) is 1. The molecule has 256 valence electrons. The first-order valence-corrected chi connectivity index (χ1v) is 19.8. The van der Waals surface area contributed by atoms with Crippen LogP contribution in [-0.4, -0.2) is 5.54 Å². The van der Waals surface area contributed by atoms with Crippen LogP contribution in [0.25, 0.3) is 0 Å². The van der Waals surface area contributed by atoms with Gasteiger partial charge in [0, 0.05) is 5.54 Å². The van der Waals surface area contributed by atoms with Crippen LogP contribution in [0.2, 0.25) is 0 Å². The van der Waals surface area contributed by atoms with Crippen LogP contribution < -0.4 is 5.73 Å². The monoisotopic (exact) mass is 614 g/mol. The van der Waals surface area contributed by atoms with E-state index in [1.807, 2.05) is 0 Å². The van der Waals surface area contributed by atoms with Crippen LogP contribution in [0.4, 0.5) is 0 Å². The van der Waals surface area contributed by atoms with Crippen molar-refractivity contribution in [1.82, 2.24) is 0 Å². The molecule has 42 heavy (non-hydrogen) atoms. The smallest absolute Gasteiger partial charge is 0.0125 e. The van der Waals surface area contributed by atoms with Crippen molar-refractivity contribution >= 4 is 12.4 Å². The number of hydrogen-bond acceptors (Lipinski definition) is 1. The van der Waals surface area contributed by atoms with Crippen LogP contribution >= 0.6 is 12.4 Å². The first-order valence-electron chi connectivity index (χ1n) is 19.8. The molecule has 0 amide bonds. The number of rotatable bonds is 35. The predicted octanol–water partition coefficient (Wildman–Crippen LogP) is 15.1. The molecule has 0 aromatic carbocycles. The fraction of sp³-hybridized carbons (Fsp3) is 1.00. The summed E-state index contributed by atoms with van der Waals surface area (Å²) in [6.07, 6.45) is 49.1. The Bertz CT molecular complexity index is 435. The third-order valence-electron chi connectivity index (χ3n) is 9.86. The van der Waals surface area contributed by atoms with Crippen molar-refractivity contribution in [3.8, 4) is 0 Å². The van der Waals surface area contributed by atoms with Gasteiger partial charge in [0.05, 0.1) is 0 Å². The molecule has 0 aliphatic heterocycles. The zero-order chi connectivity index (χ0) is 30.1. The molecule has 0 aromatic rings. The first-order chi connectivity index (χ1) is 20.0. The van der Waals surface area contributed by atoms with Crippen molar-refractivity contribution in [2.45, 2.75) is 252 Å². The molecule has 0 bridgehead atoms. The van der Waals surface area contributed by atoms with Crippen LogP contribution in [0, 0.1) is 5.92 Å². The Labute approximate surface area is 274 Å². The number of unbranched alkanes of at least 4 members (excludes halogenated alkanes) is 30. The van der Waals surface area contributed by atoms with Crippen molar-refractivity contribution in [2.24, 2.45) is 11.7 Å². The van der Waals surface area contributed by atoms with E-state index in [2.05, 4.69) is 27.7 Å². The van der Waals surface area contributed by atoms with Crippen LogP contribution in [0.1, 0.15) is 246 Å². The molecule has 0 saturated carbocycles. The molecule has 0 unspecified atom stereocenters. The van der Waals surface area contributed by atoms with Crippen LogP contribution in [0.5, 0.6) is 0 Å². The van der Waals surface area contributed by atoms with E-state index in [0.29, 0.717) is 5.92 Å². The molecule has 0 aromatic heterocycles. The molecule has 2 N–H and O–H groups in total. The topological polar surface area (TPSA) is 26.0 Å². The zero-order valence-corrected chi connectivity index (χ0v) is 30.9.